The summed E-state index contributed by atoms with van der Waals surface area (Å²) in [5, 5.41) is 0. The molecule has 11 heavy (non-hydrogen) atoms. The van der Waals surface area contributed by atoms with Gasteiger partial charge in [0.2, 0.25) is 0 Å². The van der Waals surface area contributed by atoms with Crippen LogP contribution in [0.15, 0.2) is 0 Å². The Morgan fingerprint density at radius 2 is 1.82 bits per heavy atom. The fourth-order valence-electron chi connectivity index (χ4n) is 1.23. The van der Waals surface area contributed by atoms with Gasteiger partial charge in [0, 0.05) is 12.5 Å². The third-order valence-corrected chi connectivity index (χ3v) is 2.00. The second kappa shape index (κ2) is 3.65. The predicted octanol–water partition coefficient (Wildman–Crippen LogP) is 0.882. The summed E-state index contributed by atoms with van der Waals surface area (Å²) >= 11 is 0. The highest BCUT2D eigenvalue weighted by Gasteiger charge is 2.43. The van der Waals surface area contributed by atoms with Crippen LogP contribution in [0.5, 0.6) is 0 Å². The molecule has 4 N–H and O–H groups in total. The molecule has 0 heterocycles. The van der Waals surface area contributed by atoms with Crippen molar-refractivity contribution in [2.75, 3.05) is 0 Å². The molecule has 5 heteroatoms. The molecule has 0 aromatic heterocycles. The summed E-state index contributed by atoms with van der Waals surface area (Å²) in [7, 11) is 0. The molecule has 0 amide bonds. The Morgan fingerprint density at radius 3 is 2.18 bits per heavy atom. The summed E-state index contributed by atoms with van der Waals surface area (Å²) in [5.41, 5.74) is 10.5. The third-order valence-electron chi connectivity index (χ3n) is 2.00. The Morgan fingerprint density at radius 1 is 1.27 bits per heavy atom. The van der Waals surface area contributed by atoms with Crippen molar-refractivity contribution >= 4 is 12.4 Å². The molecule has 1 rings (SSSR count). The summed E-state index contributed by atoms with van der Waals surface area (Å²) < 4.78 is 25.3. The van der Waals surface area contributed by atoms with Crippen molar-refractivity contribution in [1.82, 2.24) is 0 Å². The van der Waals surface area contributed by atoms with Crippen LogP contribution in [0.1, 0.15) is 19.3 Å². The molecule has 0 aromatic carbocycles. The van der Waals surface area contributed by atoms with Crippen LogP contribution in [0.4, 0.5) is 8.78 Å². The zero-order valence-corrected chi connectivity index (χ0v) is 6.91. The Kier molecular flexibility index (Phi) is 3.67. The van der Waals surface area contributed by atoms with Gasteiger partial charge in [0.25, 0.3) is 5.92 Å². The first kappa shape index (κ1) is 11.1. The molecule has 0 unspecified atom stereocenters. The first-order valence-corrected chi connectivity index (χ1v) is 3.43. The highest BCUT2D eigenvalue weighted by molar-refractivity contribution is 5.85. The van der Waals surface area contributed by atoms with Crippen molar-refractivity contribution < 1.29 is 8.78 Å². The molecular weight excluding hydrogens is 174 g/mol. The Labute approximate surface area is 70.7 Å². The van der Waals surface area contributed by atoms with Gasteiger partial charge in [-0.25, -0.2) is 8.78 Å². The normalized spacial score (nSPS) is 36.0. The Balaban J connectivity index is 0.000001000. The Bertz CT molecular complexity index is 132. The first-order valence-electron chi connectivity index (χ1n) is 3.43. The lowest BCUT2D eigenvalue weighted by molar-refractivity contribution is -0.0578. The average Bonchev–Trinajstić information content (AvgIpc) is 1.83. The van der Waals surface area contributed by atoms with Crippen LogP contribution >= 0.6 is 12.4 Å². The number of nitrogens with two attached hydrogens (primary N) is 2. The molecule has 68 valence electrons. The van der Waals surface area contributed by atoms with Gasteiger partial charge in [-0.05, 0) is 12.8 Å². The van der Waals surface area contributed by atoms with E-state index in [1.165, 1.54) is 0 Å². The van der Waals surface area contributed by atoms with Crippen LogP contribution in [0, 0.1) is 0 Å². The number of hydrogen-bond donors (Lipinski definition) is 2. The zero-order chi connectivity index (χ0) is 7.78. The predicted molar refractivity (Wildman–Crippen MR) is 42.0 cm³/mol. The topological polar surface area (TPSA) is 52.0 Å². The smallest absolute Gasteiger partial charge is 0.264 e. The molecule has 0 saturated heterocycles. The van der Waals surface area contributed by atoms with Crippen molar-refractivity contribution in [3.8, 4) is 0 Å². The maximum atomic E-state index is 12.6. The van der Waals surface area contributed by atoms with E-state index in [0.717, 1.165) is 0 Å². The van der Waals surface area contributed by atoms with Crippen LogP contribution in [-0.2, 0) is 0 Å². The van der Waals surface area contributed by atoms with Gasteiger partial charge in [-0.3, -0.25) is 0 Å². The second-order valence-corrected chi connectivity index (χ2v) is 2.84. The quantitative estimate of drug-likeness (QED) is 0.590. The van der Waals surface area contributed by atoms with E-state index in [-0.39, 0.29) is 18.8 Å². The van der Waals surface area contributed by atoms with Crippen molar-refractivity contribution in [3.05, 3.63) is 0 Å². The summed E-state index contributed by atoms with van der Waals surface area (Å²) in [6.45, 7) is 0. The van der Waals surface area contributed by atoms with E-state index in [2.05, 4.69) is 0 Å². The number of rotatable bonds is 0. The van der Waals surface area contributed by atoms with E-state index in [1.54, 1.807) is 0 Å². The molecule has 0 bridgehead atoms. The summed E-state index contributed by atoms with van der Waals surface area (Å²) in [6.07, 6.45) is 1.00. The van der Waals surface area contributed by atoms with E-state index in [9.17, 15) is 8.78 Å². The fourth-order valence-corrected chi connectivity index (χ4v) is 1.23. The van der Waals surface area contributed by atoms with Crippen LogP contribution in [0.25, 0.3) is 0 Å². The minimum atomic E-state index is -2.74. The van der Waals surface area contributed by atoms with Crippen molar-refractivity contribution in [2.24, 2.45) is 11.5 Å². The SMILES string of the molecule is Cl.N[C@@H]1CCCC(F)(F)[C@@H]1N. The van der Waals surface area contributed by atoms with Gasteiger partial charge >= 0.3 is 0 Å². The molecule has 1 saturated carbocycles. The number of alkyl halides is 2. The molecule has 1 aliphatic carbocycles. The zero-order valence-electron chi connectivity index (χ0n) is 6.09. The van der Waals surface area contributed by atoms with Gasteiger partial charge in [0.05, 0.1) is 6.04 Å². The lowest BCUT2D eigenvalue weighted by Crippen LogP contribution is -2.55. The van der Waals surface area contributed by atoms with Crippen molar-refractivity contribution in [3.63, 3.8) is 0 Å². The van der Waals surface area contributed by atoms with Gasteiger partial charge < -0.3 is 11.5 Å². The molecule has 0 aliphatic heterocycles. The highest BCUT2D eigenvalue weighted by Crippen LogP contribution is 2.31. The molecule has 0 aromatic rings. The molecule has 0 spiro atoms. The van der Waals surface area contributed by atoms with Crippen molar-refractivity contribution in [2.45, 2.75) is 37.3 Å². The molecule has 2 atom stereocenters. The van der Waals surface area contributed by atoms with Gasteiger partial charge in [-0.1, -0.05) is 0 Å². The van der Waals surface area contributed by atoms with Gasteiger partial charge in [-0.2, -0.15) is 0 Å². The molecule has 1 fully saturated rings. The van der Waals surface area contributed by atoms with E-state index < -0.39 is 18.0 Å². The van der Waals surface area contributed by atoms with Crippen molar-refractivity contribution in [1.29, 1.82) is 0 Å². The van der Waals surface area contributed by atoms with Crippen LogP contribution in [0.3, 0.4) is 0 Å². The molecule has 2 nitrogen and oxygen atoms in total. The minimum absolute atomic E-state index is 0. The fraction of sp³-hybridized carbons (Fsp3) is 1.00. The van der Waals surface area contributed by atoms with Gasteiger partial charge in [0.15, 0.2) is 0 Å². The first-order chi connectivity index (χ1) is 4.54. The number of halogens is 3. The third kappa shape index (κ3) is 2.25. The van der Waals surface area contributed by atoms with E-state index >= 15 is 0 Å². The largest absolute Gasteiger partial charge is 0.326 e. The molecular formula is C6H13ClF2N2. The van der Waals surface area contributed by atoms with Gasteiger partial charge in [0.1, 0.15) is 0 Å². The summed E-state index contributed by atoms with van der Waals surface area (Å²) in [4.78, 5) is 0. The lowest BCUT2D eigenvalue weighted by Gasteiger charge is -2.32. The monoisotopic (exact) mass is 186 g/mol. The molecule has 0 radical (unpaired) electrons. The average molecular weight is 187 g/mol. The summed E-state index contributed by atoms with van der Waals surface area (Å²) in [6, 6.07) is -1.66. The maximum absolute atomic E-state index is 12.6. The standard InChI is InChI=1S/C6H12F2N2.ClH/c7-6(8)3-1-2-4(9)5(6)10;/h4-5H,1-3,9-10H2;1H/t4-,5-;/m1./s1. The lowest BCUT2D eigenvalue weighted by atomic mass is 9.88. The van der Waals surface area contributed by atoms with E-state index in [1.807, 2.05) is 0 Å². The van der Waals surface area contributed by atoms with E-state index in [0.29, 0.717) is 12.8 Å². The minimum Gasteiger partial charge on any atom is -0.326 e. The van der Waals surface area contributed by atoms with Gasteiger partial charge in [-0.15, -0.1) is 12.4 Å². The van der Waals surface area contributed by atoms with Crippen LogP contribution < -0.4 is 11.5 Å². The maximum Gasteiger partial charge on any atom is 0.264 e. The summed E-state index contributed by atoms with van der Waals surface area (Å²) in [5.74, 6) is -2.74. The van der Waals surface area contributed by atoms with Crippen LogP contribution in [-0.4, -0.2) is 18.0 Å². The molecule has 1 aliphatic rings. The number of hydrogen-bond acceptors (Lipinski definition) is 2. The highest BCUT2D eigenvalue weighted by atomic mass is 35.5. The van der Waals surface area contributed by atoms with E-state index in [4.69, 9.17) is 11.5 Å². The second-order valence-electron chi connectivity index (χ2n) is 2.84. The van der Waals surface area contributed by atoms with Crippen LogP contribution in [0.2, 0.25) is 0 Å². The Hall–Kier alpha value is 0.0700.